The average molecular weight is 256 g/mol. The molecule has 0 radical (unpaired) electrons. The predicted molar refractivity (Wildman–Crippen MR) is 71.7 cm³/mol. The number of aryl methyl sites for hydroxylation is 1. The molecule has 4 nitrogen and oxygen atoms in total. The maximum atomic E-state index is 12.1. The van der Waals surface area contributed by atoms with Crippen LogP contribution in [0.5, 0.6) is 0 Å². The molecule has 0 aliphatic rings. The molecule has 0 fully saturated rings. The van der Waals surface area contributed by atoms with Crippen molar-refractivity contribution in [3.8, 4) is 0 Å². The molecule has 0 saturated carbocycles. The van der Waals surface area contributed by atoms with E-state index >= 15 is 0 Å². The molecule has 1 aromatic rings. The number of nitrogens with zero attached hydrogens (tertiary/aromatic N) is 1. The van der Waals surface area contributed by atoms with Gasteiger partial charge in [0.15, 0.2) is 0 Å². The highest BCUT2D eigenvalue weighted by Gasteiger charge is 2.21. The topological polar surface area (TPSA) is 63.4 Å². The van der Waals surface area contributed by atoms with Gasteiger partial charge in [-0.2, -0.15) is 0 Å². The van der Waals surface area contributed by atoms with E-state index in [-0.39, 0.29) is 5.75 Å². The molecule has 5 heteroatoms. The van der Waals surface area contributed by atoms with E-state index in [1.165, 1.54) is 4.31 Å². The Balaban J connectivity index is 3.04. The number of nitrogens with two attached hydrogens (primary N) is 1. The van der Waals surface area contributed by atoms with Crippen molar-refractivity contribution < 1.29 is 8.42 Å². The number of rotatable bonds is 6. The summed E-state index contributed by atoms with van der Waals surface area (Å²) in [7, 11) is -3.26. The fourth-order valence-corrected chi connectivity index (χ4v) is 3.39. The smallest absolute Gasteiger partial charge is 0.235 e. The van der Waals surface area contributed by atoms with Crippen molar-refractivity contribution in [3.63, 3.8) is 0 Å². The average Bonchev–Trinajstić information content (AvgIpc) is 2.30. The maximum absolute atomic E-state index is 12.1. The Bertz CT molecular complexity index is 457. The summed E-state index contributed by atoms with van der Waals surface area (Å²) in [6, 6.07) is 7.50. The van der Waals surface area contributed by atoms with E-state index in [2.05, 4.69) is 0 Å². The summed E-state index contributed by atoms with van der Waals surface area (Å²) in [6.45, 7) is 4.59. The first-order chi connectivity index (χ1) is 8.03. The van der Waals surface area contributed by atoms with Crippen molar-refractivity contribution in [2.24, 2.45) is 5.73 Å². The summed E-state index contributed by atoms with van der Waals surface area (Å²) in [5, 5.41) is 0. The SMILES string of the molecule is CCN(c1ccccc1C)S(=O)(=O)CCCN. The van der Waals surface area contributed by atoms with Crippen molar-refractivity contribution >= 4 is 15.7 Å². The predicted octanol–water partition coefficient (Wildman–Crippen LogP) is 1.50. The zero-order chi connectivity index (χ0) is 12.9. The first-order valence-corrected chi connectivity index (χ1v) is 7.40. The third-order valence-electron chi connectivity index (χ3n) is 2.61. The van der Waals surface area contributed by atoms with Crippen LogP contribution in [-0.4, -0.2) is 27.3 Å². The zero-order valence-corrected chi connectivity index (χ0v) is 11.2. The molecular weight excluding hydrogens is 236 g/mol. The van der Waals surface area contributed by atoms with Crippen LogP contribution in [0.3, 0.4) is 0 Å². The van der Waals surface area contributed by atoms with Gasteiger partial charge in [0.1, 0.15) is 0 Å². The van der Waals surface area contributed by atoms with Gasteiger partial charge in [-0.05, 0) is 38.4 Å². The van der Waals surface area contributed by atoms with Gasteiger partial charge in [-0.1, -0.05) is 18.2 Å². The fraction of sp³-hybridized carbons (Fsp3) is 0.500. The van der Waals surface area contributed by atoms with Crippen molar-refractivity contribution in [1.29, 1.82) is 0 Å². The second-order valence-electron chi connectivity index (χ2n) is 3.91. The molecule has 17 heavy (non-hydrogen) atoms. The van der Waals surface area contributed by atoms with Gasteiger partial charge in [0.25, 0.3) is 0 Å². The van der Waals surface area contributed by atoms with Gasteiger partial charge in [-0.25, -0.2) is 8.42 Å². The molecule has 0 aromatic heterocycles. The quantitative estimate of drug-likeness (QED) is 0.839. The molecule has 96 valence electrons. The van der Waals surface area contributed by atoms with Gasteiger partial charge in [0.05, 0.1) is 11.4 Å². The molecule has 0 spiro atoms. The lowest BCUT2D eigenvalue weighted by Gasteiger charge is -2.24. The molecule has 0 saturated heterocycles. The fourth-order valence-electron chi connectivity index (χ4n) is 1.74. The van der Waals surface area contributed by atoms with Gasteiger partial charge in [0, 0.05) is 6.54 Å². The van der Waals surface area contributed by atoms with E-state index in [0.717, 1.165) is 11.3 Å². The van der Waals surface area contributed by atoms with Crippen molar-refractivity contribution in [3.05, 3.63) is 29.8 Å². The second-order valence-corrected chi connectivity index (χ2v) is 5.92. The summed E-state index contributed by atoms with van der Waals surface area (Å²) >= 11 is 0. The first kappa shape index (κ1) is 14.0. The highest BCUT2D eigenvalue weighted by molar-refractivity contribution is 7.92. The van der Waals surface area contributed by atoms with Crippen molar-refractivity contribution in [2.45, 2.75) is 20.3 Å². The van der Waals surface area contributed by atoms with Crippen LogP contribution in [0.25, 0.3) is 0 Å². The van der Waals surface area contributed by atoms with Crippen LogP contribution >= 0.6 is 0 Å². The second kappa shape index (κ2) is 6.02. The lowest BCUT2D eigenvalue weighted by Crippen LogP contribution is -2.34. The Morgan fingerprint density at radius 2 is 1.94 bits per heavy atom. The monoisotopic (exact) mass is 256 g/mol. The number of benzene rings is 1. The van der Waals surface area contributed by atoms with Crippen LogP contribution in [0, 0.1) is 6.92 Å². The van der Waals surface area contributed by atoms with E-state index in [0.29, 0.717) is 19.5 Å². The Morgan fingerprint density at radius 1 is 1.29 bits per heavy atom. The van der Waals surface area contributed by atoms with Crippen LogP contribution < -0.4 is 10.0 Å². The molecule has 0 aliphatic heterocycles. The Labute approximate surface area is 103 Å². The van der Waals surface area contributed by atoms with Gasteiger partial charge in [-0.3, -0.25) is 4.31 Å². The van der Waals surface area contributed by atoms with Crippen LogP contribution in [0.1, 0.15) is 18.9 Å². The Kier molecular flexibility index (Phi) is 4.96. The number of hydrogen-bond donors (Lipinski definition) is 1. The molecule has 2 N–H and O–H groups in total. The van der Waals surface area contributed by atoms with Gasteiger partial charge >= 0.3 is 0 Å². The zero-order valence-electron chi connectivity index (χ0n) is 10.4. The molecule has 0 heterocycles. The minimum atomic E-state index is -3.26. The molecule has 1 aromatic carbocycles. The maximum Gasteiger partial charge on any atom is 0.235 e. The van der Waals surface area contributed by atoms with Crippen molar-refractivity contribution in [1.82, 2.24) is 0 Å². The van der Waals surface area contributed by atoms with E-state index in [4.69, 9.17) is 5.73 Å². The molecule has 0 aliphatic carbocycles. The molecule has 0 bridgehead atoms. The van der Waals surface area contributed by atoms with Crippen molar-refractivity contribution in [2.75, 3.05) is 23.1 Å². The minimum absolute atomic E-state index is 0.103. The van der Waals surface area contributed by atoms with Gasteiger partial charge < -0.3 is 5.73 Å². The normalized spacial score (nSPS) is 11.5. The van der Waals surface area contributed by atoms with Crippen LogP contribution in [0.2, 0.25) is 0 Å². The van der Waals surface area contributed by atoms with E-state index in [1.807, 2.05) is 38.1 Å². The van der Waals surface area contributed by atoms with E-state index < -0.39 is 10.0 Å². The lowest BCUT2D eigenvalue weighted by atomic mass is 10.2. The van der Waals surface area contributed by atoms with E-state index in [1.54, 1.807) is 0 Å². The molecule has 0 amide bonds. The Hall–Kier alpha value is -1.07. The number of para-hydroxylation sites is 1. The highest BCUT2D eigenvalue weighted by Crippen LogP contribution is 2.22. The summed E-state index contributed by atoms with van der Waals surface area (Å²) < 4.78 is 25.7. The number of anilines is 1. The molecule has 0 atom stereocenters. The first-order valence-electron chi connectivity index (χ1n) is 5.79. The van der Waals surface area contributed by atoms with Crippen LogP contribution in [-0.2, 0) is 10.0 Å². The summed E-state index contributed by atoms with van der Waals surface area (Å²) in [4.78, 5) is 0. The largest absolute Gasteiger partial charge is 0.330 e. The van der Waals surface area contributed by atoms with Crippen LogP contribution in [0.4, 0.5) is 5.69 Å². The molecular formula is C12H20N2O2S. The summed E-state index contributed by atoms with van der Waals surface area (Å²) in [6.07, 6.45) is 0.491. The summed E-state index contributed by atoms with van der Waals surface area (Å²) in [5.74, 6) is 0.103. The van der Waals surface area contributed by atoms with E-state index in [9.17, 15) is 8.42 Å². The minimum Gasteiger partial charge on any atom is -0.330 e. The van der Waals surface area contributed by atoms with Gasteiger partial charge in [0.2, 0.25) is 10.0 Å². The Morgan fingerprint density at radius 3 is 2.47 bits per heavy atom. The third kappa shape index (κ3) is 3.44. The summed E-state index contributed by atoms with van der Waals surface area (Å²) in [5.41, 5.74) is 7.08. The lowest BCUT2D eigenvalue weighted by molar-refractivity contribution is 0.589. The standard InChI is InChI=1S/C12H20N2O2S/c1-3-14(17(15,16)10-6-9-13)12-8-5-4-7-11(12)2/h4-5,7-8H,3,6,9-10,13H2,1-2H3. The molecule has 0 unspecified atom stereocenters. The third-order valence-corrected chi connectivity index (χ3v) is 4.54. The highest BCUT2D eigenvalue weighted by atomic mass is 32.2. The number of hydrogen-bond acceptors (Lipinski definition) is 3. The molecule has 1 rings (SSSR count). The van der Waals surface area contributed by atoms with Gasteiger partial charge in [-0.15, -0.1) is 0 Å². The van der Waals surface area contributed by atoms with Crippen LogP contribution in [0.15, 0.2) is 24.3 Å². The number of sulfonamides is 1.